The molecule has 2 aromatic rings. The SMILES string of the molecule is CC(N(C)c1nc2sccn2c1C(=O)O)C(C)(C)C. The summed E-state index contributed by atoms with van der Waals surface area (Å²) in [7, 11) is 1.90. The van der Waals surface area contributed by atoms with Gasteiger partial charge in [0.15, 0.2) is 16.5 Å². The predicted molar refractivity (Wildman–Crippen MR) is 77.3 cm³/mol. The third-order valence-corrected chi connectivity index (χ3v) is 4.37. The standard InChI is InChI=1S/C13H19N3O2S/c1-8(13(2,3)4)15(5)10-9(11(17)18)16-6-7-19-12(16)14-10/h6-8H,1-5H3,(H,17,18). The second-order valence-corrected chi connectivity index (χ2v) is 6.67. The van der Waals surface area contributed by atoms with Crippen LogP contribution >= 0.6 is 11.3 Å². The molecule has 1 unspecified atom stereocenters. The van der Waals surface area contributed by atoms with Crippen LogP contribution in [0.2, 0.25) is 0 Å². The Hall–Kier alpha value is -1.56. The van der Waals surface area contributed by atoms with Crippen LogP contribution in [0.4, 0.5) is 5.82 Å². The van der Waals surface area contributed by atoms with E-state index >= 15 is 0 Å². The minimum absolute atomic E-state index is 0.0432. The third kappa shape index (κ3) is 2.32. The van der Waals surface area contributed by atoms with Crippen molar-refractivity contribution in [2.75, 3.05) is 11.9 Å². The molecular formula is C13H19N3O2S. The van der Waals surface area contributed by atoms with E-state index in [0.29, 0.717) is 10.8 Å². The Balaban J connectivity index is 2.53. The van der Waals surface area contributed by atoms with Gasteiger partial charge in [0.05, 0.1) is 0 Å². The molecule has 104 valence electrons. The molecule has 0 radical (unpaired) electrons. The molecule has 2 rings (SSSR count). The summed E-state index contributed by atoms with van der Waals surface area (Å²) in [4.78, 5) is 18.6. The van der Waals surface area contributed by atoms with Crippen molar-refractivity contribution in [3.8, 4) is 0 Å². The van der Waals surface area contributed by atoms with Gasteiger partial charge >= 0.3 is 5.97 Å². The number of imidazole rings is 1. The van der Waals surface area contributed by atoms with Crippen molar-refractivity contribution in [2.45, 2.75) is 33.7 Å². The zero-order valence-corrected chi connectivity index (χ0v) is 12.7. The van der Waals surface area contributed by atoms with Gasteiger partial charge in [-0.1, -0.05) is 20.8 Å². The van der Waals surface area contributed by atoms with Gasteiger partial charge in [-0.25, -0.2) is 9.78 Å². The Morgan fingerprint density at radius 2 is 2.16 bits per heavy atom. The molecule has 0 bridgehead atoms. The summed E-state index contributed by atoms with van der Waals surface area (Å²) in [6.07, 6.45) is 1.75. The molecule has 2 heterocycles. The fourth-order valence-electron chi connectivity index (χ4n) is 1.98. The van der Waals surface area contributed by atoms with Gasteiger partial charge in [-0.2, -0.15) is 0 Å². The van der Waals surface area contributed by atoms with Crippen molar-refractivity contribution in [1.29, 1.82) is 0 Å². The maximum Gasteiger partial charge on any atom is 0.356 e. The van der Waals surface area contributed by atoms with Crippen LogP contribution in [0.25, 0.3) is 4.96 Å². The van der Waals surface area contributed by atoms with Crippen LogP contribution < -0.4 is 4.90 Å². The first-order valence-electron chi connectivity index (χ1n) is 6.15. The number of aromatic carboxylic acids is 1. The lowest BCUT2D eigenvalue weighted by molar-refractivity contribution is 0.0690. The minimum atomic E-state index is -0.950. The maximum absolute atomic E-state index is 11.5. The molecule has 0 aliphatic heterocycles. The molecule has 2 aromatic heterocycles. The number of fused-ring (bicyclic) bond motifs is 1. The highest BCUT2D eigenvalue weighted by molar-refractivity contribution is 7.15. The second-order valence-electron chi connectivity index (χ2n) is 5.80. The number of carboxylic acid groups (broad SMARTS) is 1. The van der Waals surface area contributed by atoms with E-state index < -0.39 is 5.97 Å². The first kappa shape index (κ1) is 13.9. The molecule has 1 atom stereocenters. The first-order valence-corrected chi connectivity index (χ1v) is 7.03. The molecule has 0 aliphatic rings. The van der Waals surface area contributed by atoms with E-state index in [1.165, 1.54) is 11.3 Å². The van der Waals surface area contributed by atoms with Crippen molar-refractivity contribution >= 4 is 28.1 Å². The van der Waals surface area contributed by atoms with E-state index in [2.05, 4.69) is 32.7 Å². The van der Waals surface area contributed by atoms with E-state index in [9.17, 15) is 9.90 Å². The van der Waals surface area contributed by atoms with Crippen molar-refractivity contribution in [1.82, 2.24) is 9.38 Å². The fraction of sp³-hybridized carbons (Fsp3) is 0.538. The van der Waals surface area contributed by atoms with Crippen molar-refractivity contribution in [3.63, 3.8) is 0 Å². The topological polar surface area (TPSA) is 57.8 Å². The molecule has 0 saturated carbocycles. The second kappa shape index (κ2) is 4.52. The highest BCUT2D eigenvalue weighted by Crippen LogP contribution is 2.30. The summed E-state index contributed by atoms with van der Waals surface area (Å²) < 4.78 is 1.63. The van der Waals surface area contributed by atoms with E-state index in [0.717, 1.165) is 0 Å². The van der Waals surface area contributed by atoms with Crippen LogP contribution in [-0.2, 0) is 0 Å². The molecule has 0 amide bonds. The Morgan fingerprint density at radius 1 is 1.53 bits per heavy atom. The molecule has 0 aliphatic carbocycles. The van der Waals surface area contributed by atoms with Crippen LogP contribution in [-0.4, -0.2) is 33.6 Å². The average molecular weight is 281 g/mol. The summed E-state index contributed by atoms with van der Waals surface area (Å²) in [5.41, 5.74) is 0.275. The fourth-order valence-corrected chi connectivity index (χ4v) is 2.69. The zero-order valence-electron chi connectivity index (χ0n) is 11.8. The predicted octanol–water partition coefficient (Wildman–Crippen LogP) is 2.96. The molecule has 0 saturated heterocycles. The Morgan fingerprint density at radius 3 is 2.68 bits per heavy atom. The van der Waals surface area contributed by atoms with Crippen LogP contribution in [0.3, 0.4) is 0 Å². The highest BCUT2D eigenvalue weighted by atomic mass is 32.1. The molecule has 19 heavy (non-hydrogen) atoms. The maximum atomic E-state index is 11.5. The zero-order chi connectivity index (χ0) is 14.4. The molecule has 6 heteroatoms. The van der Waals surface area contributed by atoms with Crippen molar-refractivity contribution in [2.24, 2.45) is 5.41 Å². The van der Waals surface area contributed by atoms with Gasteiger partial charge in [-0.3, -0.25) is 4.40 Å². The Kier molecular flexibility index (Phi) is 3.30. The molecule has 0 fully saturated rings. The number of hydrogen-bond donors (Lipinski definition) is 1. The van der Waals surface area contributed by atoms with Crippen LogP contribution in [0, 0.1) is 5.41 Å². The molecular weight excluding hydrogens is 262 g/mol. The number of anilines is 1. The van der Waals surface area contributed by atoms with Gasteiger partial charge in [0, 0.05) is 24.7 Å². The number of carboxylic acids is 1. The van der Waals surface area contributed by atoms with Crippen molar-refractivity contribution < 1.29 is 9.90 Å². The summed E-state index contributed by atoms with van der Waals surface area (Å²) in [6, 6.07) is 0.176. The lowest BCUT2D eigenvalue weighted by Crippen LogP contribution is -2.40. The summed E-state index contributed by atoms with van der Waals surface area (Å²) >= 11 is 1.44. The molecule has 0 aromatic carbocycles. The van der Waals surface area contributed by atoms with Gasteiger partial charge in [-0.05, 0) is 12.3 Å². The summed E-state index contributed by atoms with van der Waals surface area (Å²) in [5.74, 6) is -0.421. The van der Waals surface area contributed by atoms with E-state index in [4.69, 9.17) is 0 Å². The molecule has 5 nitrogen and oxygen atoms in total. The van der Waals surface area contributed by atoms with Gasteiger partial charge in [0.2, 0.25) is 0 Å². The Labute approximate surface area is 116 Å². The Bertz CT molecular complexity index is 609. The number of nitrogens with zero attached hydrogens (tertiary/aromatic N) is 3. The van der Waals surface area contributed by atoms with Gasteiger partial charge in [0.1, 0.15) is 0 Å². The number of thiazole rings is 1. The monoisotopic (exact) mass is 281 g/mol. The van der Waals surface area contributed by atoms with Crippen LogP contribution in [0.1, 0.15) is 38.2 Å². The number of rotatable bonds is 3. The third-order valence-electron chi connectivity index (χ3n) is 3.61. The van der Waals surface area contributed by atoms with Gasteiger partial charge < -0.3 is 10.0 Å². The van der Waals surface area contributed by atoms with E-state index in [1.54, 1.807) is 10.6 Å². The summed E-state index contributed by atoms with van der Waals surface area (Å²) in [6.45, 7) is 8.48. The number of carbonyl (C=O) groups is 1. The average Bonchev–Trinajstić information content (AvgIpc) is 2.83. The van der Waals surface area contributed by atoms with Crippen LogP contribution in [0.15, 0.2) is 11.6 Å². The van der Waals surface area contributed by atoms with E-state index in [-0.39, 0.29) is 17.2 Å². The lowest BCUT2D eigenvalue weighted by Gasteiger charge is -2.35. The molecule has 0 spiro atoms. The van der Waals surface area contributed by atoms with E-state index in [1.807, 2.05) is 17.3 Å². The lowest BCUT2D eigenvalue weighted by atomic mass is 9.87. The summed E-state index contributed by atoms with van der Waals surface area (Å²) in [5, 5.41) is 11.3. The van der Waals surface area contributed by atoms with Gasteiger partial charge in [0.25, 0.3) is 0 Å². The number of aromatic nitrogens is 2. The number of hydrogen-bond acceptors (Lipinski definition) is 4. The van der Waals surface area contributed by atoms with Crippen LogP contribution in [0.5, 0.6) is 0 Å². The quantitative estimate of drug-likeness (QED) is 0.939. The normalized spacial score (nSPS) is 13.7. The van der Waals surface area contributed by atoms with Crippen molar-refractivity contribution in [3.05, 3.63) is 17.3 Å². The first-order chi connectivity index (χ1) is 8.73. The largest absolute Gasteiger partial charge is 0.476 e. The van der Waals surface area contributed by atoms with Gasteiger partial charge in [-0.15, -0.1) is 11.3 Å². The smallest absolute Gasteiger partial charge is 0.356 e. The molecule has 1 N–H and O–H groups in total. The highest BCUT2D eigenvalue weighted by Gasteiger charge is 2.30. The minimum Gasteiger partial charge on any atom is -0.476 e.